The fourth-order valence-electron chi connectivity index (χ4n) is 1.51. The molecule has 1 nitrogen and oxygen atoms in total. The van der Waals surface area contributed by atoms with Gasteiger partial charge in [0.15, 0.2) is 0 Å². The van der Waals surface area contributed by atoms with E-state index in [2.05, 4.69) is 23.6 Å². The Bertz CT molecular complexity index is 553. The maximum absolute atomic E-state index is 8.72. The van der Waals surface area contributed by atoms with Crippen LogP contribution in [-0.4, -0.2) is 0 Å². The van der Waals surface area contributed by atoms with Crippen molar-refractivity contribution in [2.24, 2.45) is 0 Å². The summed E-state index contributed by atoms with van der Waals surface area (Å²) in [5, 5.41) is 10.8. The molecular formula is C15H11NS. The molecule has 0 unspecified atom stereocenters. The van der Waals surface area contributed by atoms with E-state index in [-0.39, 0.29) is 0 Å². The summed E-state index contributed by atoms with van der Waals surface area (Å²) >= 11 is 1.19. The van der Waals surface area contributed by atoms with Crippen molar-refractivity contribution in [1.82, 2.24) is 0 Å². The molecule has 17 heavy (non-hydrogen) atoms. The Morgan fingerprint density at radius 3 is 2.35 bits per heavy atom. The molecule has 0 radical (unpaired) electrons. The predicted molar refractivity (Wildman–Crippen MR) is 73.3 cm³/mol. The molecule has 0 saturated heterocycles. The molecule has 0 aromatic heterocycles. The number of benzene rings is 2. The number of nitriles is 1. The Balaban J connectivity index is 2.25. The van der Waals surface area contributed by atoms with E-state index in [9.17, 15) is 0 Å². The van der Waals surface area contributed by atoms with Gasteiger partial charge in [-0.2, -0.15) is 5.26 Å². The standard InChI is InChI=1S/C15H11NS/c16-12-17-15-9-5-4-8-14(15)11-10-13-6-2-1-3-7-13/h1-11H. The highest BCUT2D eigenvalue weighted by Crippen LogP contribution is 2.23. The van der Waals surface area contributed by atoms with Crippen LogP contribution >= 0.6 is 11.8 Å². The number of thioether (sulfide) groups is 1. The van der Waals surface area contributed by atoms with Crippen molar-refractivity contribution in [3.05, 3.63) is 65.7 Å². The monoisotopic (exact) mass is 237 g/mol. The molecule has 0 amide bonds. The lowest BCUT2D eigenvalue weighted by atomic mass is 10.1. The molecule has 0 heterocycles. The van der Waals surface area contributed by atoms with Crippen molar-refractivity contribution >= 4 is 23.9 Å². The summed E-state index contributed by atoms with van der Waals surface area (Å²) in [5.74, 6) is 0. The van der Waals surface area contributed by atoms with Crippen LogP contribution in [-0.2, 0) is 0 Å². The van der Waals surface area contributed by atoms with Crippen LogP contribution in [0.25, 0.3) is 12.2 Å². The van der Waals surface area contributed by atoms with Gasteiger partial charge in [-0.15, -0.1) is 0 Å². The van der Waals surface area contributed by atoms with Crippen molar-refractivity contribution in [2.75, 3.05) is 0 Å². The minimum absolute atomic E-state index is 0.988. The molecule has 0 saturated carbocycles. The maximum atomic E-state index is 8.72. The summed E-state index contributed by atoms with van der Waals surface area (Å²) in [7, 11) is 0. The first-order valence-electron chi connectivity index (χ1n) is 5.28. The van der Waals surface area contributed by atoms with E-state index in [4.69, 9.17) is 5.26 Å². The highest BCUT2D eigenvalue weighted by Gasteiger charge is 1.97. The molecule has 2 aromatic carbocycles. The van der Waals surface area contributed by atoms with E-state index in [0.717, 1.165) is 16.0 Å². The zero-order valence-corrected chi connectivity index (χ0v) is 10.0. The van der Waals surface area contributed by atoms with Crippen molar-refractivity contribution in [2.45, 2.75) is 4.90 Å². The van der Waals surface area contributed by atoms with Crippen LogP contribution in [0.2, 0.25) is 0 Å². The van der Waals surface area contributed by atoms with E-state index < -0.39 is 0 Å². The lowest BCUT2D eigenvalue weighted by molar-refractivity contribution is 1.43. The van der Waals surface area contributed by atoms with Crippen LogP contribution < -0.4 is 0 Å². The summed E-state index contributed by atoms with van der Waals surface area (Å²) in [6.07, 6.45) is 4.09. The Morgan fingerprint density at radius 1 is 0.882 bits per heavy atom. The van der Waals surface area contributed by atoms with E-state index in [1.807, 2.05) is 48.5 Å². The molecule has 0 bridgehead atoms. The fraction of sp³-hybridized carbons (Fsp3) is 0. The SMILES string of the molecule is N#CSc1ccccc1C=Cc1ccccc1. The first-order chi connectivity index (χ1) is 8.40. The average molecular weight is 237 g/mol. The molecule has 82 valence electrons. The van der Waals surface area contributed by atoms with Gasteiger partial charge in [-0.3, -0.25) is 0 Å². The molecule has 0 aliphatic carbocycles. The van der Waals surface area contributed by atoms with Crippen molar-refractivity contribution < 1.29 is 0 Å². The lowest BCUT2D eigenvalue weighted by Crippen LogP contribution is -1.77. The summed E-state index contributed by atoms with van der Waals surface area (Å²) in [5.41, 5.74) is 2.23. The minimum atomic E-state index is 0.988. The third-order valence-electron chi connectivity index (χ3n) is 2.33. The van der Waals surface area contributed by atoms with Crippen LogP contribution in [0.1, 0.15) is 11.1 Å². The van der Waals surface area contributed by atoms with Crippen molar-refractivity contribution in [1.29, 1.82) is 5.26 Å². The quantitative estimate of drug-likeness (QED) is 0.448. The van der Waals surface area contributed by atoms with Gasteiger partial charge in [0.25, 0.3) is 0 Å². The molecule has 0 fully saturated rings. The van der Waals surface area contributed by atoms with E-state index in [0.29, 0.717) is 0 Å². The fourth-order valence-corrected chi connectivity index (χ4v) is 2.01. The number of thiocyanates is 1. The zero-order chi connectivity index (χ0) is 11.9. The Morgan fingerprint density at radius 2 is 1.59 bits per heavy atom. The first-order valence-corrected chi connectivity index (χ1v) is 6.10. The number of nitrogens with zero attached hydrogens (tertiary/aromatic N) is 1. The third-order valence-corrected chi connectivity index (χ3v) is 3.01. The average Bonchev–Trinajstić information content (AvgIpc) is 2.39. The second kappa shape index (κ2) is 5.93. The Labute approximate surface area is 105 Å². The van der Waals surface area contributed by atoms with Gasteiger partial charge in [0, 0.05) is 4.90 Å². The van der Waals surface area contributed by atoms with Gasteiger partial charge < -0.3 is 0 Å². The molecule has 0 atom stereocenters. The van der Waals surface area contributed by atoms with Gasteiger partial charge in [0.05, 0.1) is 0 Å². The predicted octanol–water partition coefficient (Wildman–Crippen LogP) is 4.43. The topological polar surface area (TPSA) is 23.8 Å². The minimum Gasteiger partial charge on any atom is -0.185 e. The number of rotatable bonds is 3. The van der Waals surface area contributed by atoms with Gasteiger partial charge >= 0.3 is 0 Å². The molecule has 0 aliphatic rings. The summed E-state index contributed by atoms with van der Waals surface area (Å²) in [6.45, 7) is 0. The van der Waals surface area contributed by atoms with Crippen molar-refractivity contribution in [3.8, 4) is 5.40 Å². The third kappa shape index (κ3) is 3.24. The van der Waals surface area contributed by atoms with Gasteiger partial charge in [-0.05, 0) is 29.0 Å². The maximum Gasteiger partial charge on any atom is 0.138 e. The second-order valence-electron chi connectivity index (χ2n) is 3.48. The summed E-state index contributed by atoms with van der Waals surface area (Å²) < 4.78 is 0. The highest BCUT2D eigenvalue weighted by molar-refractivity contribution is 8.03. The van der Waals surface area contributed by atoms with Gasteiger partial charge in [-0.25, -0.2) is 0 Å². The van der Waals surface area contributed by atoms with Gasteiger partial charge in [0.1, 0.15) is 5.40 Å². The van der Waals surface area contributed by atoms with E-state index in [1.165, 1.54) is 11.8 Å². The molecule has 0 spiro atoms. The Kier molecular flexibility index (Phi) is 4.01. The lowest BCUT2D eigenvalue weighted by Gasteiger charge is -1.99. The summed E-state index contributed by atoms with van der Waals surface area (Å²) in [6, 6.07) is 18.0. The van der Waals surface area contributed by atoms with Crippen LogP contribution in [0.4, 0.5) is 0 Å². The molecular weight excluding hydrogens is 226 g/mol. The van der Waals surface area contributed by atoms with Gasteiger partial charge in [0.2, 0.25) is 0 Å². The second-order valence-corrected chi connectivity index (χ2v) is 4.30. The van der Waals surface area contributed by atoms with E-state index >= 15 is 0 Å². The molecule has 2 heteroatoms. The van der Waals surface area contributed by atoms with Crippen LogP contribution in [0.5, 0.6) is 0 Å². The largest absolute Gasteiger partial charge is 0.185 e. The van der Waals surface area contributed by atoms with Crippen LogP contribution in [0, 0.1) is 10.7 Å². The van der Waals surface area contributed by atoms with Crippen LogP contribution in [0.3, 0.4) is 0 Å². The number of hydrogen-bond acceptors (Lipinski definition) is 2. The summed E-state index contributed by atoms with van der Waals surface area (Å²) in [4.78, 5) is 0.988. The molecule has 0 N–H and O–H groups in total. The normalized spacial score (nSPS) is 10.3. The van der Waals surface area contributed by atoms with Crippen molar-refractivity contribution in [3.63, 3.8) is 0 Å². The Hall–Kier alpha value is -1.98. The molecule has 0 aliphatic heterocycles. The van der Waals surface area contributed by atoms with E-state index in [1.54, 1.807) is 0 Å². The molecule has 2 rings (SSSR count). The van der Waals surface area contributed by atoms with Crippen LogP contribution in [0.15, 0.2) is 59.5 Å². The smallest absolute Gasteiger partial charge is 0.138 e. The highest BCUT2D eigenvalue weighted by atomic mass is 32.2. The molecule has 2 aromatic rings. The number of hydrogen-bond donors (Lipinski definition) is 0. The first kappa shape index (κ1) is 11.5. The zero-order valence-electron chi connectivity index (χ0n) is 9.21. The van der Waals surface area contributed by atoms with Gasteiger partial charge in [-0.1, -0.05) is 60.7 Å².